The molecule has 17 heavy (non-hydrogen) atoms. The first kappa shape index (κ1) is 12.7. The van der Waals surface area contributed by atoms with Crippen LogP contribution >= 0.6 is 38.9 Å². The Balaban J connectivity index is 2.14. The van der Waals surface area contributed by atoms with Crippen molar-refractivity contribution in [2.75, 3.05) is 0 Å². The summed E-state index contributed by atoms with van der Waals surface area (Å²) in [5, 5.41) is 0.539. The summed E-state index contributed by atoms with van der Waals surface area (Å²) in [7, 11) is 0. The second kappa shape index (κ2) is 5.29. The van der Waals surface area contributed by atoms with Crippen molar-refractivity contribution in [2.45, 2.75) is 6.42 Å². The van der Waals surface area contributed by atoms with Gasteiger partial charge in [0.05, 0.1) is 13.7 Å². The van der Waals surface area contributed by atoms with E-state index in [0.29, 0.717) is 9.90 Å². The van der Waals surface area contributed by atoms with Crippen molar-refractivity contribution in [3.63, 3.8) is 0 Å². The van der Waals surface area contributed by atoms with Gasteiger partial charge in [0.1, 0.15) is 5.82 Å². The van der Waals surface area contributed by atoms with E-state index < -0.39 is 0 Å². The largest absolute Gasteiger partial charge is 0.293 e. The van der Waals surface area contributed by atoms with Gasteiger partial charge in [0.2, 0.25) is 0 Å². The standard InChI is InChI=1S/C12H7BrClFOS/c13-12-9(14)6-11(17-12)10(16)5-7-1-3-8(15)4-2-7/h1-4,6H,5H2. The van der Waals surface area contributed by atoms with Crippen LogP contribution in [0.25, 0.3) is 0 Å². The number of hydrogen-bond donors (Lipinski definition) is 0. The van der Waals surface area contributed by atoms with Crippen molar-refractivity contribution < 1.29 is 9.18 Å². The Morgan fingerprint density at radius 1 is 1.35 bits per heavy atom. The predicted octanol–water partition coefficient (Wildman–Crippen LogP) is 4.73. The molecule has 0 aliphatic carbocycles. The first-order valence-corrected chi connectivity index (χ1v) is 6.77. The molecule has 0 aliphatic rings. The predicted molar refractivity (Wildman–Crippen MR) is 71.5 cm³/mol. The minimum atomic E-state index is -0.303. The topological polar surface area (TPSA) is 17.1 Å². The Morgan fingerprint density at radius 2 is 2.00 bits per heavy atom. The van der Waals surface area contributed by atoms with Gasteiger partial charge >= 0.3 is 0 Å². The number of benzene rings is 1. The molecular formula is C12H7BrClFOS. The Bertz CT molecular complexity index is 531. The van der Waals surface area contributed by atoms with Crippen molar-refractivity contribution in [3.8, 4) is 0 Å². The molecule has 0 N–H and O–H groups in total. The summed E-state index contributed by atoms with van der Waals surface area (Å²) in [5.41, 5.74) is 0.789. The quantitative estimate of drug-likeness (QED) is 0.742. The molecule has 0 radical (unpaired) electrons. The van der Waals surface area contributed by atoms with Gasteiger partial charge in [-0.3, -0.25) is 4.79 Å². The highest BCUT2D eigenvalue weighted by molar-refractivity contribution is 9.11. The van der Waals surface area contributed by atoms with Crippen LogP contribution in [0.5, 0.6) is 0 Å². The fourth-order valence-electron chi connectivity index (χ4n) is 1.36. The number of carbonyl (C=O) groups is 1. The summed E-state index contributed by atoms with van der Waals surface area (Å²) in [5.74, 6) is -0.322. The van der Waals surface area contributed by atoms with Crippen molar-refractivity contribution in [1.29, 1.82) is 0 Å². The van der Waals surface area contributed by atoms with Gasteiger partial charge in [-0.05, 0) is 39.7 Å². The highest BCUT2D eigenvalue weighted by Crippen LogP contribution is 2.32. The van der Waals surface area contributed by atoms with Crippen LogP contribution in [0.1, 0.15) is 15.2 Å². The third-order valence-electron chi connectivity index (χ3n) is 2.20. The number of carbonyl (C=O) groups excluding carboxylic acids is 1. The van der Waals surface area contributed by atoms with Gasteiger partial charge in [0, 0.05) is 6.42 Å². The third kappa shape index (κ3) is 3.15. The Labute approximate surface area is 115 Å². The minimum Gasteiger partial charge on any atom is -0.293 e. The summed E-state index contributed by atoms with van der Waals surface area (Å²) in [6, 6.07) is 7.55. The van der Waals surface area contributed by atoms with E-state index in [9.17, 15) is 9.18 Å². The van der Waals surface area contributed by atoms with E-state index in [0.717, 1.165) is 9.35 Å². The summed E-state index contributed by atoms with van der Waals surface area (Å²) in [6.45, 7) is 0. The molecule has 0 aliphatic heterocycles. The van der Waals surface area contributed by atoms with E-state index in [-0.39, 0.29) is 18.0 Å². The maximum atomic E-state index is 12.7. The summed E-state index contributed by atoms with van der Waals surface area (Å²) in [6.07, 6.45) is 0.254. The molecule has 5 heteroatoms. The molecule has 0 bridgehead atoms. The first-order valence-electron chi connectivity index (χ1n) is 4.79. The van der Waals surface area contributed by atoms with Crippen LogP contribution in [0.15, 0.2) is 34.1 Å². The fourth-order valence-corrected chi connectivity index (χ4v) is 3.00. The zero-order chi connectivity index (χ0) is 12.4. The summed E-state index contributed by atoms with van der Waals surface area (Å²) < 4.78 is 13.4. The monoisotopic (exact) mass is 332 g/mol. The lowest BCUT2D eigenvalue weighted by Gasteiger charge is -1.98. The Hall–Kier alpha value is -0.710. The molecular weight excluding hydrogens is 327 g/mol. The van der Waals surface area contributed by atoms with E-state index in [4.69, 9.17) is 11.6 Å². The molecule has 1 aromatic heterocycles. The van der Waals surface area contributed by atoms with Crippen LogP contribution in [0.2, 0.25) is 5.02 Å². The van der Waals surface area contributed by atoms with Gasteiger partial charge in [-0.2, -0.15) is 0 Å². The lowest BCUT2D eigenvalue weighted by molar-refractivity contribution is 0.0997. The number of hydrogen-bond acceptors (Lipinski definition) is 2. The smallest absolute Gasteiger partial charge is 0.177 e. The lowest BCUT2D eigenvalue weighted by Crippen LogP contribution is -2.00. The molecule has 0 saturated heterocycles. The number of halogens is 3. The van der Waals surface area contributed by atoms with Crippen molar-refractivity contribution in [3.05, 3.63) is 55.4 Å². The van der Waals surface area contributed by atoms with Gasteiger partial charge in [-0.15, -0.1) is 11.3 Å². The maximum absolute atomic E-state index is 12.7. The van der Waals surface area contributed by atoms with E-state index in [1.807, 2.05) is 0 Å². The summed E-state index contributed by atoms with van der Waals surface area (Å²) in [4.78, 5) is 12.5. The van der Waals surface area contributed by atoms with Gasteiger partial charge in [0.25, 0.3) is 0 Å². The molecule has 1 aromatic carbocycles. The van der Waals surface area contributed by atoms with Gasteiger partial charge in [-0.25, -0.2) is 4.39 Å². The molecule has 0 atom stereocenters. The van der Waals surface area contributed by atoms with Crippen LogP contribution in [0.4, 0.5) is 4.39 Å². The molecule has 1 nitrogen and oxygen atoms in total. The Morgan fingerprint density at radius 3 is 2.53 bits per heavy atom. The van der Waals surface area contributed by atoms with Crippen LogP contribution in [-0.2, 0) is 6.42 Å². The molecule has 0 amide bonds. The molecule has 0 fully saturated rings. The van der Waals surface area contributed by atoms with Gasteiger partial charge in [-0.1, -0.05) is 23.7 Å². The normalized spacial score (nSPS) is 10.5. The number of Topliss-reactive ketones (excluding diaryl/α,β-unsaturated/α-hetero) is 1. The van der Waals surface area contributed by atoms with E-state index in [1.54, 1.807) is 18.2 Å². The molecule has 1 heterocycles. The Kier molecular flexibility index (Phi) is 3.97. The van der Waals surface area contributed by atoms with E-state index >= 15 is 0 Å². The van der Waals surface area contributed by atoms with Crippen molar-refractivity contribution >= 4 is 44.7 Å². The molecule has 0 saturated carbocycles. The second-order valence-corrected chi connectivity index (χ2v) is 6.24. The lowest BCUT2D eigenvalue weighted by atomic mass is 10.1. The van der Waals surface area contributed by atoms with Crippen LogP contribution in [-0.4, -0.2) is 5.78 Å². The zero-order valence-corrected chi connectivity index (χ0v) is 11.7. The number of ketones is 1. The minimum absolute atomic E-state index is 0.0193. The number of thiophene rings is 1. The summed E-state index contributed by atoms with van der Waals surface area (Å²) >= 11 is 10.4. The van der Waals surface area contributed by atoms with Crippen molar-refractivity contribution in [1.82, 2.24) is 0 Å². The van der Waals surface area contributed by atoms with Crippen LogP contribution in [0, 0.1) is 5.82 Å². The molecule has 88 valence electrons. The highest BCUT2D eigenvalue weighted by atomic mass is 79.9. The van der Waals surface area contributed by atoms with E-state index in [2.05, 4.69) is 15.9 Å². The third-order valence-corrected chi connectivity index (χ3v) is 4.71. The molecule has 2 aromatic rings. The second-order valence-electron chi connectivity index (χ2n) is 3.46. The van der Waals surface area contributed by atoms with Gasteiger partial charge < -0.3 is 0 Å². The average molecular weight is 334 g/mol. The maximum Gasteiger partial charge on any atom is 0.177 e. The zero-order valence-electron chi connectivity index (χ0n) is 8.54. The molecule has 2 rings (SSSR count). The highest BCUT2D eigenvalue weighted by Gasteiger charge is 2.12. The van der Waals surface area contributed by atoms with Gasteiger partial charge in [0.15, 0.2) is 5.78 Å². The SMILES string of the molecule is O=C(Cc1ccc(F)cc1)c1cc(Cl)c(Br)s1. The van der Waals surface area contributed by atoms with Crippen LogP contribution in [0.3, 0.4) is 0 Å². The van der Waals surface area contributed by atoms with Crippen LogP contribution < -0.4 is 0 Å². The average Bonchev–Trinajstić information content (AvgIpc) is 2.63. The molecule has 0 unspecified atom stereocenters. The fraction of sp³-hybridized carbons (Fsp3) is 0.0833. The number of rotatable bonds is 3. The molecule has 0 spiro atoms. The van der Waals surface area contributed by atoms with E-state index in [1.165, 1.54) is 23.5 Å². The first-order chi connectivity index (χ1) is 8.06. The van der Waals surface area contributed by atoms with Crippen molar-refractivity contribution in [2.24, 2.45) is 0 Å².